The maximum absolute atomic E-state index is 12.3. The number of aliphatic imine (C=N–C) groups is 1. The topological polar surface area (TPSA) is 41.9 Å². The summed E-state index contributed by atoms with van der Waals surface area (Å²) in [6.45, 7) is 0.480. The SMILES string of the molecule is CN=C1S/C(=C/c2cc(Br)c(OCc3ccccc3)c(Br)c2)C(=O)N1C. The van der Waals surface area contributed by atoms with E-state index in [2.05, 4.69) is 36.9 Å². The van der Waals surface area contributed by atoms with E-state index in [0.717, 1.165) is 25.8 Å². The van der Waals surface area contributed by atoms with Gasteiger partial charge in [-0.2, -0.15) is 0 Å². The van der Waals surface area contributed by atoms with E-state index >= 15 is 0 Å². The molecule has 4 nitrogen and oxygen atoms in total. The molecule has 134 valence electrons. The molecule has 1 amide bonds. The number of ether oxygens (including phenoxy) is 1. The highest BCUT2D eigenvalue weighted by atomic mass is 79.9. The first kappa shape index (κ1) is 19.2. The van der Waals surface area contributed by atoms with Crippen LogP contribution in [0.4, 0.5) is 0 Å². The van der Waals surface area contributed by atoms with E-state index in [1.54, 1.807) is 19.0 Å². The Balaban J connectivity index is 1.81. The molecule has 3 rings (SSSR count). The summed E-state index contributed by atoms with van der Waals surface area (Å²) in [6, 6.07) is 13.9. The molecule has 0 saturated carbocycles. The molecule has 2 aromatic carbocycles. The lowest BCUT2D eigenvalue weighted by molar-refractivity contribution is -0.121. The van der Waals surface area contributed by atoms with Gasteiger partial charge in [-0.15, -0.1) is 0 Å². The van der Waals surface area contributed by atoms with Crippen LogP contribution in [0.3, 0.4) is 0 Å². The third-order valence-electron chi connectivity index (χ3n) is 3.74. The van der Waals surface area contributed by atoms with Crippen molar-refractivity contribution in [2.24, 2.45) is 4.99 Å². The molecule has 1 aliphatic heterocycles. The number of halogens is 2. The van der Waals surface area contributed by atoms with Gasteiger partial charge in [-0.1, -0.05) is 30.3 Å². The van der Waals surface area contributed by atoms with E-state index in [0.29, 0.717) is 16.7 Å². The van der Waals surface area contributed by atoms with Crippen LogP contribution in [0.15, 0.2) is 61.3 Å². The minimum absolute atomic E-state index is 0.0488. The number of likely N-dealkylation sites (N-methyl/N-ethyl adjacent to an activating group) is 1. The minimum atomic E-state index is -0.0488. The quantitative estimate of drug-likeness (QED) is 0.539. The van der Waals surface area contributed by atoms with Crippen molar-refractivity contribution >= 4 is 60.8 Å². The average molecular weight is 496 g/mol. The number of amides is 1. The lowest BCUT2D eigenvalue weighted by Gasteiger charge is -2.11. The first-order chi connectivity index (χ1) is 12.5. The van der Waals surface area contributed by atoms with Crippen LogP contribution in [0, 0.1) is 0 Å². The number of hydrogen-bond donors (Lipinski definition) is 0. The van der Waals surface area contributed by atoms with E-state index < -0.39 is 0 Å². The van der Waals surface area contributed by atoms with Gasteiger partial charge in [0.05, 0.1) is 13.9 Å². The molecule has 0 aromatic heterocycles. The van der Waals surface area contributed by atoms with Gasteiger partial charge in [0.1, 0.15) is 12.4 Å². The zero-order valence-corrected chi connectivity index (χ0v) is 18.2. The van der Waals surface area contributed by atoms with Gasteiger partial charge >= 0.3 is 0 Å². The van der Waals surface area contributed by atoms with E-state index in [-0.39, 0.29) is 5.91 Å². The third-order valence-corrected chi connectivity index (χ3v) is 6.07. The van der Waals surface area contributed by atoms with Crippen molar-refractivity contribution < 1.29 is 9.53 Å². The summed E-state index contributed by atoms with van der Waals surface area (Å²) in [4.78, 5) is 18.6. The Hall–Kier alpha value is -1.57. The molecular weight excluding hydrogens is 480 g/mol. The van der Waals surface area contributed by atoms with Crippen molar-refractivity contribution in [3.8, 4) is 5.75 Å². The Kier molecular flexibility index (Phi) is 6.21. The van der Waals surface area contributed by atoms with Crippen molar-refractivity contribution in [1.82, 2.24) is 4.90 Å². The van der Waals surface area contributed by atoms with Gasteiger partial charge in [-0.3, -0.25) is 14.7 Å². The smallest absolute Gasteiger partial charge is 0.266 e. The Morgan fingerprint density at radius 2 is 1.85 bits per heavy atom. The second-order valence-electron chi connectivity index (χ2n) is 5.57. The van der Waals surface area contributed by atoms with Crippen molar-refractivity contribution in [2.75, 3.05) is 14.1 Å². The largest absolute Gasteiger partial charge is 0.487 e. The molecule has 2 aromatic rings. The number of benzene rings is 2. The molecule has 1 fully saturated rings. The number of carbonyl (C=O) groups excluding carboxylic acids is 1. The molecule has 0 aliphatic carbocycles. The van der Waals surface area contributed by atoms with Gasteiger partial charge in [0.2, 0.25) is 0 Å². The zero-order chi connectivity index (χ0) is 18.7. The molecule has 1 heterocycles. The summed E-state index contributed by atoms with van der Waals surface area (Å²) in [7, 11) is 3.41. The van der Waals surface area contributed by atoms with Gasteiger partial charge in [-0.25, -0.2) is 0 Å². The lowest BCUT2D eigenvalue weighted by Crippen LogP contribution is -2.23. The van der Waals surface area contributed by atoms with Crippen LogP contribution in [0.25, 0.3) is 6.08 Å². The van der Waals surface area contributed by atoms with Crippen LogP contribution in [-0.4, -0.2) is 30.1 Å². The van der Waals surface area contributed by atoms with Gasteiger partial charge in [0, 0.05) is 14.1 Å². The highest BCUT2D eigenvalue weighted by molar-refractivity contribution is 9.11. The fraction of sp³-hybridized carbons (Fsp3) is 0.158. The number of amidine groups is 1. The van der Waals surface area contributed by atoms with Crippen LogP contribution < -0.4 is 4.74 Å². The van der Waals surface area contributed by atoms with Gasteiger partial charge < -0.3 is 4.74 Å². The molecule has 26 heavy (non-hydrogen) atoms. The van der Waals surface area contributed by atoms with E-state index in [1.807, 2.05) is 48.5 Å². The van der Waals surface area contributed by atoms with E-state index in [9.17, 15) is 4.79 Å². The maximum atomic E-state index is 12.3. The van der Waals surface area contributed by atoms with Crippen LogP contribution in [-0.2, 0) is 11.4 Å². The standard InChI is InChI=1S/C19H16Br2N2O2S/c1-22-19-23(2)18(24)16(26-19)10-13-8-14(20)17(15(21)9-13)25-11-12-6-4-3-5-7-12/h3-10H,11H2,1-2H3/b16-10+,22-19?. The Bertz CT molecular complexity index is 875. The summed E-state index contributed by atoms with van der Waals surface area (Å²) >= 11 is 8.50. The van der Waals surface area contributed by atoms with Gasteiger partial charge in [-0.05, 0) is 73.0 Å². The van der Waals surface area contributed by atoms with Crippen molar-refractivity contribution in [3.63, 3.8) is 0 Å². The molecule has 0 atom stereocenters. The second-order valence-corrected chi connectivity index (χ2v) is 8.29. The second kappa shape index (κ2) is 8.41. The number of carbonyl (C=O) groups is 1. The lowest BCUT2D eigenvalue weighted by atomic mass is 10.2. The van der Waals surface area contributed by atoms with Crippen LogP contribution in [0.1, 0.15) is 11.1 Å². The number of hydrogen-bond acceptors (Lipinski definition) is 4. The highest BCUT2D eigenvalue weighted by Crippen LogP contribution is 2.37. The minimum Gasteiger partial charge on any atom is -0.487 e. The number of nitrogens with zero attached hydrogens (tertiary/aromatic N) is 2. The Labute approximate surface area is 173 Å². The molecule has 0 unspecified atom stereocenters. The highest BCUT2D eigenvalue weighted by Gasteiger charge is 2.29. The Morgan fingerprint density at radius 3 is 2.42 bits per heavy atom. The third kappa shape index (κ3) is 4.22. The normalized spacial score (nSPS) is 17.4. The maximum Gasteiger partial charge on any atom is 0.266 e. The van der Waals surface area contributed by atoms with Gasteiger partial charge in [0.15, 0.2) is 5.17 Å². The molecule has 1 aliphatic rings. The summed E-state index contributed by atoms with van der Waals surface area (Å²) in [5, 5.41) is 0.696. The van der Waals surface area contributed by atoms with Crippen molar-refractivity contribution in [3.05, 3.63) is 67.4 Å². The van der Waals surface area contributed by atoms with Crippen molar-refractivity contribution in [1.29, 1.82) is 0 Å². The predicted octanol–water partition coefficient (Wildman–Crippen LogP) is 5.32. The average Bonchev–Trinajstić information content (AvgIpc) is 2.90. The van der Waals surface area contributed by atoms with Crippen LogP contribution in [0.5, 0.6) is 5.75 Å². The molecule has 0 radical (unpaired) electrons. The summed E-state index contributed by atoms with van der Waals surface area (Å²) in [5.41, 5.74) is 2.00. The monoisotopic (exact) mass is 494 g/mol. The molecule has 1 saturated heterocycles. The Morgan fingerprint density at radius 1 is 1.19 bits per heavy atom. The van der Waals surface area contributed by atoms with Crippen molar-refractivity contribution in [2.45, 2.75) is 6.61 Å². The van der Waals surface area contributed by atoms with E-state index in [1.165, 1.54) is 11.8 Å². The predicted molar refractivity (Wildman–Crippen MR) is 114 cm³/mol. The number of rotatable bonds is 4. The first-order valence-electron chi connectivity index (χ1n) is 7.79. The molecule has 0 spiro atoms. The molecule has 0 bridgehead atoms. The van der Waals surface area contributed by atoms with Crippen LogP contribution in [0.2, 0.25) is 0 Å². The van der Waals surface area contributed by atoms with Gasteiger partial charge in [0.25, 0.3) is 5.91 Å². The summed E-state index contributed by atoms with van der Waals surface area (Å²) < 4.78 is 7.58. The fourth-order valence-corrected chi connectivity index (χ4v) is 4.81. The summed E-state index contributed by atoms with van der Waals surface area (Å²) in [5.74, 6) is 0.682. The zero-order valence-electron chi connectivity index (χ0n) is 14.2. The molecule has 0 N–H and O–H groups in total. The number of thioether (sulfide) groups is 1. The first-order valence-corrected chi connectivity index (χ1v) is 10.2. The fourth-order valence-electron chi connectivity index (χ4n) is 2.43. The summed E-state index contributed by atoms with van der Waals surface area (Å²) in [6.07, 6.45) is 1.86. The van der Waals surface area contributed by atoms with E-state index in [4.69, 9.17) is 4.74 Å². The van der Waals surface area contributed by atoms with Crippen LogP contribution >= 0.6 is 43.6 Å². The molecule has 7 heteroatoms. The molecular formula is C19H16Br2N2O2S.